The molecule has 0 aliphatic rings. The third-order valence-electron chi connectivity index (χ3n) is 2.26. The highest BCUT2D eigenvalue weighted by atomic mass is 32.1. The summed E-state index contributed by atoms with van der Waals surface area (Å²) >= 11 is 1.46. The summed E-state index contributed by atoms with van der Waals surface area (Å²) in [6.07, 6.45) is 0. The fourth-order valence-corrected chi connectivity index (χ4v) is 1.87. The van der Waals surface area contributed by atoms with Crippen molar-refractivity contribution in [2.75, 3.05) is 6.54 Å². The van der Waals surface area contributed by atoms with Crippen LogP contribution in [0, 0.1) is 12.8 Å². The first kappa shape index (κ1) is 10.6. The topological polar surface area (TPSA) is 38.9 Å². The fourth-order valence-electron chi connectivity index (χ4n) is 1.19. The molecule has 4 heteroatoms. The molecule has 0 aromatic carbocycles. The molecule has 2 N–H and O–H groups in total. The molecule has 1 aromatic heterocycles. The highest BCUT2D eigenvalue weighted by molar-refractivity contribution is 7.09. The van der Waals surface area contributed by atoms with E-state index in [1.807, 2.05) is 20.8 Å². The number of aryl methyl sites for hydroxylation is 1. The van der Waals surface area contributed by atoms with E-state index < -0.39 is 5.67 Å². The van der Waals surface area contributed by atoms with Gasteiger partial charge in [-0.15, -0.1) is 11.3 Å². The zero-order chi connectivity index (χ0) is 10.1. The van der Waals surface area contributed by atoms with Crippen LogP contribution < -0.4 is 5.73 Å². The summed E-state index contributed by atoms with van der Waals surface area (Å²) in [6.45, 7) is 5.50. The Hall–Kier alpha value is -0.480. The molecular formula is C9H15FN2S. The van der Waals surface area contributed by atoms with E-state index >= 15 is 0 Å². The summed E-state index contributed by atoms with van der Waals surface area (Å²) < 4.78 is 14.2. The monoisotopic (exact) mass is 202 g/mol. The summed E-state index contributed by atoms with van der Waals surface area (Å²) in [6, 6.07) is 0. The van der Waals surface area contributed by atoms with Gasteiger partial charge in [-0.25, -0.2) is 9.37 Å². The van der Waals surface area contributed by atoms with Crippen LogP contribution in [-0.4, -0.2) is 11.5 Å². The molecule has 1 atom stereocenters. The lowest BCUT2D eigenvalue weighted by Gasteiger charge is -2.25. The quantitative estimate of drug-likeness (QED) is 0.816. The molecule has 74 valence electrons. The van der Waals surface area contributed by atoms with Gasteiger partial charge in [0.2, 0.25) is 0 Å². The highest BCUT2D eigenvalue weighted by Gasteiger charge is 2.36. The van der Waals surface area contributed by atoms with Crippen LogP contribution in [0.2, 0.25) is 0 Å². The largest absolute Gasteiger partial charge is 0.327 e. The van der Waals surface area contributed by atoms with E-state index in [1.165, 1.54) is 11.3 Å². The summed E-state index contributed by atoms with van der Waals surface area (Å²) in [5.41, 5.74) is 4.45. The van der Waals surface area contributed by atoms with Gasteiger partial charge in [0.05, 0.1) is 10.7 Å². The third-order valence-corrected chi connectivity index (χ3v) is 3.03. The van der Waals surface area contributed by atoms with Gasteiger partial charge in [0.1, 0.15) is 0 Å². The molecule has 2 nitrogen and oxygen atoms in total. The van der Waals surface area contributed by atoms with E-state index in [-0.39, 0.29) is 12.5 Å². The van der Waals surface area contributed by atoms with Crippen molar-refractivity contribution < 1.29 is 4.39 Å². The van der Waals surface area contributed by atoms with Crippen molar-refractivity contribution in [3.05, 3.63) is 16.1 Å². The second-order valence-electron chi connectivity index (χ2n) is 3.47. The summed E-state index contributed by atoms with van der Waals surface area (Å²) in [7, 11) is 0. The molecule has 0 fully saturated rings. The Labute approximate surface area is 82.0 Å². The van der Waals surface area contributed by atoms with Gasteiger partial charge < -0.3 is 5.73 Å². The predicted octanol–water partition coefficient (Wildman–Crippen LogP) is 2.23. The molecule has 13 heavy (non-hydrogen) atoms. The van der Waals surface area contributed by atoms with Crippen LogP contribution in [0.15, 0.2) is 5.38 Å². The lowest BCUT2D eigenvalue weighted by Crippen LogP contribution is -2.36. The number of halogens is 1. The summed E-state index contributed by atoms with van der Waals surface area (Å²) in [5, 5.41) is 2.63. The van der Waals surface area contributed by atoms with E-state index in [9.17, 15) is 4.39 Å². The maximum Gasteiger partial charge on any atom is 0.167 e. The first-order valence-corrected chi connectivity index (χ1v) is 5.20. The Morgan fingerprint density at radius 2 is 2.31 bits per heavy atom. The van der Waals surface area contributed by atoms with Crippen LogP contribution in [0.5, 0.6) is 0 Å². The number of aromatic nitrogens is 1. The molecule has 0 amide bonds. The SMILES string of the molecule is Cc1nc(C(F)(CN)C(C)C)cs1. The first-order valence-electron chi connectivity index (χ1n) is 4.32. The highest BCUT2D eigenvalue weighted by Crippen LogP contribution is 2.33. The van der Waals surface area contributed by atoms with Crippen molar-refractivity contribution in [1.29, 1.82) is 0 Å². The van der Waals surface area contributed by atoms with Crippen LogP contribution in [0.4, 0.5) is 4.39 Å². The number of thiazole rings is 1. The van der Waals surface area contributed by atoms with E-state index in [0.29, 0.717) is 5.69 Å². The minimum Gasteiger partial charge on any atom is -0.327 e. The van der Waals surface area contributed by atoms with Crippen molar-refractivity contribution in [2.45, 2.75) is 26.4 Å². The molecular weight excluding hydrogens is 187 g/mol. The molecule has 1 aromatic rings. The number of nitrogens with zero attached hydrogens (tertiary/aromatic N) is 1. The smallest absolute Gasteiger partial charge is 0.167 e. The molecule has 0 saturated carbocycles. The van der Waals surface area contributed by atoms with Gasteiger partial charge in [-0.3, -0.25) is 0 Å². The number of hydrogen-bond donors (Lipinski definition) is 1. The van der Waals surface area contributed by atoms with Crippen molar-refractivity contribution in [3.63, 3.8) is 0 Å². The van der Waals surface area contributed by atoms with Gasteiger partial charge in [0, 0.05) is 11.9 Å². The van der Waals surface area contributed by atoms with Crippen molar-refractivity contribution in [1.82, 2.24) is 4.98 Å². The van der Waals surface area contributed by atoms with E-state index in [4.69, 9.17) is 5.73 Å². The number of hydrogen-bond acceptors (Lipinski definition) is 3. The molecule has 0 spiro atoms. The molecule has 0 bridgehead atoms. The molecule has 0 radical (unpaired) electrons. The molecule has 0 aliphatic carbocycles. The average Bonchev–Trinajstić information content (AvgIpc) is 2.50. The Bertz CT molecular complexity index is 285. The Morgan fingerprint density at radius 1 is 1.69 bits per heavy atom. The summed E-state index contributed by atoms with van der Waals surface area (Å²) in [4.78, 5) is 4.14. The van der Waals surface area contributed by atoms with E-state index in [1.54, 1.807) is 5.38 Å². The lowest BCUT2D eigenvalue weighted by molar-refractivity contribution is 0.104. The van der Waals surface area contributed by atoms with Crippen molar-refractivity contribution in [3.8, 4) is 0 Å². The van der Waals surface area contributed by atoms with Crippen LogP contribution in [0.1, 0.15) is 24.5 Å². The zero-order valence-corrected chi connectivity index (χ0v) is 8.99. The van der Waals surface area contributed by atoms with Gasteiger partial charge >= 0.3 is 0 Å². The maximum atomic E-state index is 14.2. The van der Waals surface area contributed by atoms with Crippen molar-refractivity contribution >= 4 is 11.3 Å². The fraction of sp³-hybridized carbons (Fsp3) is 0.667. The zero-order valence-electron chi connectivity index (χ0n) is 8.17. The molecule has 0 saturated heterocycles. The second-order valence-corrected chi connectivity index (χ2v) is 4.54. The second kappa shape index (κ2) is 3.72. The Balaban J connectivity index is 3.02. The van der Waals surface area contributed by atoms with Crippen LogP contribution in [0.3, 0.4) is 0 Å². The van der Waals surface area contributed by atoms with Crippen LogP contribution >= 0.6 is 11.3 Å². The van der Waals surface area contributed by atoms with Crippen LogP contribution in [-0.2, 0) is 5.67 Å². The number of alkyl halides is 1. The first-order chi connectivity index (χ1) is 6.00. The van der Waals surface area contributed by atoms with E-state index in [0.717, 1.165) is 5.01 Å². The average molecular weight is 202 g/mol. The molecule has 0 aliphatic heterocycles. The molecule has 1 heterocycles. The Morgan fingerprint density at radius 3 is 2.62 bits per heavy atom. The standard InChI is InChI=1S/C9H15FN2S/c1-6(2)9(10,5-11)8-4-13-7(3)12-8/h4,6H,5,11H2,1-3H3. The maximum absolute atomic E-state index is 14.2. The Kier molecular flexibility index (Phi) is 3.03. The third kappa shape index (κ3) is 1.89. The lowest BCUT2D eigenvalue weighted by atomic mass is 9.90. The minimum atomic E-state index is -1.47. The van der Waals surface area contributed by atoms with Gasteiger partial charge in [-0.2, -0.15) is 0 Å². The van der Waals surface area contributed by atoms with Gasteiger partial charge in [-0.05, 0) is 12.8 Å². The number of nitrogens with two attached hydrogens (primary N) is 1. The molecule has 1 rings (SSSR count). The minimum absolute atomic E-state index is 0.00611. The van der Waals surface area contributed by atoms with Gasteiger partial charge in [0.25, 0.3) is 0 Å². The summed E-state index contributed by atoms with van der Waals surface area (Å²) in [5.74, 6) is -0.140. The van der Waals surface area contributed by atoms with Crippen LogP contribution in [0.25, 0.3) is 0 Å². The normalized spacial score (nSPS) is 16.2. The van der Waals surface area contributed by atoms with Gasteiger partial charge in [0.15, 0.2) is 5.67 Å². The number of rotatable bonds is 3. The van der Waals surface area contributed by atoms with E-state index in [2.05, 4.69) is 4.98 Å². The predicted molar refractivity (Wildman–Crippen MR) is 53.5 cm³/mol. The molecule has 1 unspecified atom stereocenters. The van der Waals surface area contributed by atoms with Gasteiger partial charge in [-0.1, -0.05) is 13.8 Å². The van der Waals surface area contributed by atoms with Crippen molar-refractivity contribution in [2.24, 2.45) is 11.7 Å².